The molecule has 4 aliphatic heterocycles. The molecule has 0 aliphatic carbocycles. The van der Waals surface area contributed by atoms with Crippen LogP contribution in [0.3, 0.4) is 0 Å². The Morgan fingerprint density at radius 1 is 1.23 bits per heavy atom. The Kier molecular flexibility index (Phi) is 8.73. The molecule has 35 heavy (non-hydrogen) atoms. The van der Waals surface area contributed by atoms with Gasteiger partial charge < -0.3 is 25.4 Å². The summed E-state index contributed by atoms with van der Waals surface area (Å²) in [5, 5.41) is 16.3. The topological polar surface area (TPSA) is 111 Å². The van der Waals surface area contributed by atoms with Gasteiger partial charge >= 0.3 is 0 Å². The number of carbonyl (C=O) groups excluding carboxylic acids is 3. The first-order chi connectivity index (χ1) is 16.8. The zero-order valence-corrected chi connectivity index (χ0v) is 23.3. The third-order valence-corrected chi connectivity index (χ3v) is 11.2. The van der Waals surface area contributed by atoms with Gasteiger partial charge in [-0.1, -0.05) is 36.7 Å². The highest BCUT2D eigenvalue weighted by Gasteiger charge is 2.76. The van der Waals surface area contributed by atoms with Crippen molar-refractivity contribution in [3.8, 4) is 0 Å². The maximum absolute atomic E-state index is 14.0. The smallest absolute Gasteiger partial charge is 0.244 e. The molecule has 7 atom stereocenters. The molecule has 0 radical (unpaired) electrons. The predicted octanol–water partition coefficient (Wildman–Crippen LogP) is 0.443. The summed E-state index contributed by atoms with van der Waals surface area (Å²) in [6.45, 7) is 10.5. The van der Waals surface area contributed by atoms with E-state index in [1.165, 1.54) is 0 Å². The first kappa shape index (κ1) is 27.2. The van der Waals surface area contributed by atoms with E-state index in [0.717, 1.165) is 26.1 Å². The molecular formula is C24H39BrN4O5S. The summed E-state index contributed by atoms with van der Waals surface area (Å²) in [7, 11) is 0. The number of nitrogens with one attached hydrogen (secondary N) is 2. The largest absolute Gasteiger partial charge is 0.394 e. The van der Waals surface area contributed by atoms with Crippen molar-refractivity contribution in [1.82, 2.24) is 20.4 Å². The number of fused-ring (bicyclic) bond motifs is 1. The molecule has 2 bridgehead atoms. The van der Waals surface area contributed by atoms with Crippen molar-refractivity contribution in [1.29, 1.82) is 0 Å². The van der Waals surface area contributed by atoms with E-state index in [1.807, 2.05) is 20.8 Å². The van der Waals surface area contributed by atoms with Gasteiger partial charge in [0, 0.05) is 42.8 Å². The van der Waals surface area contributed by atoms with Crippen molar-refractivity contribution in [3.63, 3.8) is 0 Å². The molecule has 4 heterocycles. The molecule has 4 fully saturated rings. The summed E-state index contributed by atoms with van der Waals surface area (Å²) in [5.41, 5.74) is 0. The third kappa shape index (κ3) is 4.87. The van der Waals surface area contributed by atoms with Gasteiger partial charge in [-0.3, -0.25) is 19.3 Å². The number of thioether (sulfide) groups is 1. The van der Waals surface area contributed by atoms with Crippen LogP contribution in [0.1, 0.15) is 33.6 Å². The van der Waals surface area contributed by atoms with Gasteiger partial charge in [0.15, 0.2) is 0 Å². The second-order valence-electron chi connectivity index (χ2n) is 10.4. The van der Waals surface area contributed by atoms with Crippen molar-refractivity contribution in [2.45, 2.75) is 60.5 Å². The van der Waals surface area contributed by atoms with E-state index < -0.39 is 28.7 Å². The summed E-state index contributed by atoms with van der Waals surface area (Å²) in [4.78, 5) is 45.0. The Hall–Kier alpha value is -0.880. The quantitative estimate of drug-likeness (QED) is 0.325. The number of halogens is 1. The molecule has 0 aromatic heterocycles. The highest BCUT2D eigenvalue weighted by molar-refractivity contribution is 9.09. The fourth-order valence-corrected chi connectivity index (χ4v) is 9.87. The second-order valence-corrected chi connectivity index (χ2v) is 13.2. The number of hydrogen-bond acceptors (Lipinski definition) is 7. The average Bonchev–Trinajstić information content (AvgIpc) is 3.42. The van der Waals surface area contributed by atoms with Gasteiger partial charge in [-0.05, 0) is 18.8 Å². The van der Waals surface area contributed by atoms with Gasteiger partial charge in [-0.15, -0.1) is 11.8 Å². The number of aliphatic hydroxyl groups excluding tert-OH is 1. The molecule has 198 valence electrons. The fourth-order valence-electron chi connectivity index (χ4n) is 6.27. The molecule has 11 heteroatoms. The monoisotopic (exact) mass is 574 g/mol. The average molecular weight is 576 g/mol. The minimum atomic E-state index is -0.719. The number of hydrogen-bond donors (Lipinski definition) is 3. The number of amides is 3. The number of rotatable bonds is 10. The Labute approximate surface area is 220 Å². The van der Waals surface area contributed by atoms with Gasteiger partial charge in [0.05, 0.1) is 42.4 Å². The van der Waals surface area contributed by atoms with E-state index in [1.54, 1.807) is 16.7 Å². The van der Waals surface area contributed by atoms with Crippen LogP contribution in [0.15, 0.2) is 0 Å². The van der Waals surface area contributed by atoms with E-state index in [-0.39, 0.29) is 40.3 Å². The summed E-state index contributed by atoms with van der Waals surface area (Å²) < 4.78 is 4.72. The van der Waals surface area contributed by atoms with E-state index in [9.17, 15) is 19.5 Å². The zero-order valence-electron chi connectivity index (χ0n) is 20.9. The lowest BCUT2D eigenvalue weighted by Gasteiger charge is -2.38. The lowest BCUT2D eigenvalue weighted by Crippen LogP contribution is -2.58. The SMILES string of the molecule is CCCNC(=O)[C@H]1[C@@H]2SC3(CC2Br)C(C(=O)NCCN2CCOCC2)N([C@@H](CO)C(C)C)C(=O)[C@H]13. The summed E-state index contributed by atoms with van der Waals surface area (Å²) in [6.07, 6.45) is 1.46. The van der Waals surface area contributed by atoms with Gasteiger partial charge in [-0.25, -0.2) is 0 Å². The molecule has 4 aliphatic rings. The van der Waals surface area contributed by atoms with E-state index in [2.05, 4.69) is 31.5 Å². The lowest BCUT2D eigenvalue weighted by atomic mass is 9.70. The van der Waals surface area contributed by atoms with Crippen molar-refractivity contribution in [2.75, 3.05) is 52.5 Å². The Morgan fingerprint density at radius 3 is 2.54 bits per heavy atom. The molecule has 1 spiro atoms. The van der Waals surface area contributed by atoms with Crippen molar-refractivity contribution < 1.29 is 24.2 Å². The molecular weight excluding hydrogens is 536 g/mol. The number of nitrogens with zero attached hydrogens (tertiary/aromatic N) is 2. The molecule has 0 aromatic carbocycles. The number of ether oxygens (including phenoxy) is 1. The molecule has 9 nitrogen and oxygen atoms in total. The van der Waals surface area contributed by atoms with Crippen LogP contribution in [0, 0.1) is 17.8 Å². The molecule has 3 amide bonds. The first-order valence-corrected chi connectivity index (χ1v) is 14.7. The number of carbonyl (C=O) groups is 3. The summed E-state index contributed by atoms with van der Waals surface area (Å²) >= 11 is 5.41. The van der Waals surface area contributed by atoms with Crippen LogP contribution in [-0.4, -0.2) is 112 Å². The van der Waals surface area contributed by atoms with Gasteiger partial charge in [0.1, 0.15) is 6.04 Å². The van der Waals surface area contributed by atoms with Crippen molar-refractivity contribution in [2.24, 2.45) is 17.8 Å². The van der Waals surface area contributed by atoms with Crippen LogP contribution in [0.25, 0.3) is 0 Å². The fraction of sp³-hybridized carbons (Fsp3) is 0.875. The van der Waals surface area contributed by atoms with Crippen LogP contribution in [0.4, 0.5) is 0 Å². The third-order valence-electron chi connectivity index (χ3n) is 7.97. The summed E-state index contributed by atoms with van der Waals surface area (Å²) in [6, 6.07) is -1.20. The highest BCUT2D eigenvalue weighted by atomic mass is 79.9. The maximum atomic E-state index is 14.0. The number of likely N-dealkylation sites (tertiary alicyclic amines) is 1. The molecule has 3 N–H and O–H groups in total. The minimum absolute atomic E-state index is 0.0304. The van der Waals surface area contributed by atoms with Gasteiger partial charge in [0.2, 0.25) is 17.7 Å². The molecule has 3 unspecified atom stereocenters. The van der Waals surface area contributed by atoms with E-state index in [0.29, 0.717) is 32.7 Å². The molecule has 4 saturated heterocycles. The second kappa shape index (κ2) is 11.2. The van der Waals surface area contributed by atoms with Crippen molar-refractivity contribution in [3.05, 3.63) is 0 Å². The Bertz CT molecular complexity index is 813. The minimum Gasteiger partial charge on any atom is -0.394 e. The van der Waals surface area contributed by atoms with Crippen LogP contribution in [0.5, 0.6) is 0 Å². The van der Waals surface area contributed by atoms with E-state index in [4.69, 9.17) is 4.74 Å². The van der Waals surface area contributed by atoms with Crippen molar-refractivity contribution >= 4 is 45.4 Å². The molecule has 0 aromatic rings. The van der Waals surface area contributed by atoms with Crippen LogP contribution < -0.4 is 10.6 Å². The number of aliphatic hydroxyl groups is 1. The standard InChI is InChI=1S/C24H39BrN4O5S/c1-4-5-26-21(31)17-18-23(33)29(16(13-30)14(2)3)20(24(18)12-15(25)19(17)35-24)22(32)27-6-7-28-8-10-34-11-9-28/h14-20,30H,4-13H2,1-3H3,(H,26,31)(H,27,32)/t15?,16-,17+,18-,19+,20?,24?/m0/s1. The van der Waals surface area contributed by atoms with E-state index >= 15 is 0 Å². The summed E-state index contributed by atoms with van der Waals surface area (Å²) in [5.74, 6) is -1.54. The molecule has 0 saturated carbocycles. The highest BCUT2D eigenvalue weighted by Crippen LogP contribution is 2.68. The van der Waals surface area contributed by atoms with Crippen LogP contribution >= 0.6 is 27.7 Å². The van der Waals surface area contributed by atoms with Crippen LogP contribution in [-0.2, 0) is 19.1 Å². The number of alkyl halides is 1. The first-order valence-electron chi connectivity index (χ1n) is 12.9. The normalized spacial score (nSPS) is 35.4. The number of morpholine rings is 1. The maximum Gasteiger partial charge on any atom is 0.244 e. The predicted molar refractivity (Wildman–Crippen MR) is 138 cm³/mol. The van der Waals surface area contributed by atoms with Gasteiger partial charge in [0.25, 0.3) is 0 Å². The Balaban J connectivity index is 1.61. The molecule has 4 rings (SSSR count). The lowest BCUT2D eigenvalue weighted by molar-refractivity contribution is -0.143. The zero-order chi connectivity index (χ0) is 25.3. The Morgan fingerprint density at radius 2 is 1.91 bits per heavy atom. The van der Waals surface area contributed by atoms with Crippen LogP contribution in [0.2, 0.25) is 0 Å². The van der Waals surface area contributed by atoms with Gasteiger partial charge in [-0.2, -0.15) is 0 Å².